The van der Waals surface area contributed by atoms with Crippen LogP contribution in [0.3, 0.4) is 0 Å². The molecule has 0 bridgehead atoms. The molecule has 0 aliphatic heterocycles. The molecule has 0 fully saturated rings. The number of anilines is 2. The average molecular weight is 488 g/mol. The van der Waals surface area contributed by atoms with E-state index in [-0.39, 0.29) is 16.6 Å². The van der Waals surface area contributed by atoms with Gasteiger partial charge in [0.25, 0.3) is 5.56 Å². The summed E-state index contributed by atoms with van der Waals surface area (Å²) >= 11 is 0. The SMILES string of the molecule is CN(C)CCN(C)c1nn(CC(=O)Nc2ccc3nncn3c2)c(=O)c2ccc(C(F)(F)F)cc12. The number of likely N-dealkylation sites (N-methyl/N-ethyl adjacent to an activating group) is 2. The fourth-order valence-corrected chi connectivity index (χ4v) is 3.53. The predicted octanol–water partition coefficient (Wildman–Crippen LogP) is 2.09. The zero-order valence-electron chi connectivity index (χ0n) is 19.2. The second-order valence-electron chi connectivity index (χ2n) is 8.33. The lowest BCUT2D eigenvalue weighted by Gasteiger charge is -2.23. The number of pyridine rings is 1. The van der Waals surface area contributed by atoms with E-state index in [1.165, 1.54) is 6.33 Å². The highest BCUT2D eigenvalue weighted by molar-refractivity contribution is 5.93. The van der Waals surface area contributed by atoms with Gasteiger partial charge in [0.1, 0.15) is 12.9 Å². The van der Waals surface area contributed by atoms with Gasteiger partial charge in [-0.15, -0.1) is 10.2 Å². The molecule has 0 radical (unpaired) electrons. The Kier molecular flexibility index (Phi) is 6.43. The Morgan fingerprint density at radius 3 is 2.57 bits per heavy atom. The molecule has 3 heterocycles. The third kappa shape index (κ3) is 5.24. The maximum atomic E-state index is 13.4. The third-order valence-corrected chi connectivity index (χ3v) is 5.38. The Bertz CT molecular complexity index is 1440. The van der Waals surface area contributed by atoms with Crippen molar-refractivity contribution in [1.29, 1.82) is 0 Å². The summed E-state index contributed by atoms with van der Waals surface area (Å²) in [5, 5.41) is 14.7. The lowest BCUT2D eigenvalue weighted by atomic mass is 10.1. The molecule has 35 heavy (non-hydrogen) atoms. The Balaban J connectivity index is 1.70. The standard InChI is InChI=1S/C22H23F3N8O2/c1-30(2)8-9-31(3)20-17-10-14(22(23,24)25)4-6-16(17)21(35)33(29-20)12-19(34)27-15-5-7-18-28-26-13-32(18)11-15/h4-7,10-11,13H,8-9,12H2,1-3H3,(H,27,34). The molecule has 0 saturated heterocycles. The Labute approximate surface area is 197 Å². The van der Waals surface area contributed by atoms with Crippen molar-refractivity contribution < 1.29 is 18.0 Å². The van der Waals surface area contributed by atoms with E-state index >= 15 is 0 Å². The van der Waals surface area contributed by atoms with Crippen LogP contribution in [0.2, 0.25) is 0 Å². The number of alkyl halides is 3. The summed E-state index contributed by atoms with van der Waals surface area (Å²) in [5.41, 5.74) is -0.496. The van der Waals surface area contributed by atoms with E-state index in [2.05, 4.69) is 20.6 Å². The highest BCUT2D eigenvalue weighted by atomic mass is 19.4. The summed E-state index contributed by atoms with van der Waals surface area (Å²) in [6.45, 7) is 0.614. The van der Waals surface area contributed by atoms with Crippen molar-refractivity contribution in [3.8, 4) is 0 Å². The molecule has 13 heteroatoms. The van der Waals surface area contributed by atoms with Crippen molar-refractivity contribution in [1.82, 2.24) is 29.3 Å². The van der Waals surface area contributed by atoms with Crippen molar-refractivity contribution in [2.45, 2.75) is 12.7 Å². The van der Waals surface area contributed by atoms with E-state index in [9.17, 15) is 22.8 Å². The number of hydrogen-bond donors (Lipinski definition) is 1. The molecule has 0 aliphatic carbocycles. The molecule has 0 saturated carbocycles. The van der Waals surface area contributed by atoms with Crippen LogP contribution in [-0.2, 0) is 17.5 Å². The van der Waals surface area contributed by atoms with Gasteiger partial charge in [-0.3, -0.25) is 14.0 Å². The fourth-order valence-electron chi connectivity index (χ4n) is 3.53. The van der Waals surface area contributed by atoms with E-state index in [1.807, 2.05) is 19.0 Å². The second kappa shape index (κ2) is 9.33. The number of benzene rings is 1. The molecule has 0 spiro atoms. The number of fused-ring (bicyclic) bond motifs is 2. The molecule has 0 atom stereocenters. The molecular weight excluding hydrogens is 465 g/mol. The molecule has 10 nitrogen and oxygen atoms in total. The number of carbonyl (C=O) groups excluding carboxylic acids is 1. The predicted molar refractivity (Wildman–Crippen MR) is 124 cm³/mol. The highest BCUT2D eigenvalue weighted by Gasteiger charge is 2.31. The number of nitrogens with zero attached hydrogens (tertiary/aromatic N) is 7. The van der Waals surface area contributed by atoms with Gasteiger partial charge in [0.05, 0.1) is 16.6 Å². The number of aromatic nitrogens is 5. The van der Waals surface area contributed by atoms with Crippen LogP contribution in [0.25, 0.3) is 16.4 Å². The van der Waals surface area contributed by atoms with Crippen LogP contribution < -0.4 is 15.8 Å². The number of halogens is 3. The molecule has 1 aromatic carbocycles. The van der Waals surface area contributed by atoms with Gasteiger partial charge in [0, 0.05) is 31.7 Å². The van der Waals surface area contributed by atoms with E-state index in [4.69, 9.17) is 0 Å². The van der Waals surface area contributed by atoms with Crippen LogP contribution >= 0.6 is 0 Å². The molecule has 4 aromatic rings. The van der Waals surface area contributed by atoms with Crippen molar-refractivity contribution in [2.75, 3.05) is 44.4 Å². The normalized spacial score (nSPS) is 12.0. The number of carbonyl (C=O) groups is 1. The smallest absolute Gasteiger partial charge is 0.356 e. The number of nitrogens with one attached hydrogen (secondary N) is 1. The van der Waals surface area contributed by atoms with E-state index in [0.717, 1.165) is 22.9 Å². The van der Waals surface area contributed by atoms with Gasteiger partial charge < -0.3 is 15.1 Å². The maximum Gasteiger partial charge on any atom is 0.416 e. The highest BCUT2D eigenvalue weighted by Crippen LogP contribution is 2.33. The fraction of sp³-hybridized carbons (Fsp3) is 0.318. The quantitative estimate of drug-likeness (QED) is 0.425. The van der Waals surface area contributed by atoms with Crippen molar-refractivity contribution in [3.05, 3.63) is 58.8 Å². The minimum Gasteiger partial charge on any atom is -0.356 e. The summed E-state index contributed by atoms with van der Waals surface area (Å²) in [6.07, 6.45) is -1.48. The molecule has 184 valence electrons. The van der Waals surface area contributed by atoms with Crippen molar-refractivity contribution >= 4 is 33.8 Å². The zero-order chi connectivity index (χ0) is 25.3. The molecule has 0 unspecified atom stereocenters. The first-order valence-corrected chi connectivity index (χ1v) is 10.6. The van der Waals surface area contributed by atoms with Crippen molar-refractivity contribution in [2.24, 2.45) is 0 Å². The Hall–Kier alpha value is -4.00. The molecule has 0 aliphatic rings. The molecule has 1 amide bonds. The van der Waals surface area contributed by atoms with Gasteiger partial charge in [0.15, 0.2) is 11.5 Å². The van der Waals surface area contributed by atoms with Gasteiger partial charge in [0.2, 0.25) is 5.91 Å². The largest absolute Gasteiger partial charge is 0.416 e. The first kappa shape index (κ1) is 24.1. The van der Waals surface area contributed by atoms with Crippen LogP contribution in [0.1, 0.15) is 5.56 Å². The van der Waals surface area contributed by atoms with Crippen LogP contribution in [0, 0.1) is 0 Å². The van der Waals surface area contributed by atoms with Gasteiger partial charge in [-0.25, -0.2) is 4.68 Å². The summed E-state index contributed by atoms with van der Waals surface area (Å²) in [5.74, 6) is -0.355. The Morgan fingerprint density at radius 2 is 1.86 bits per heavy atom. The van der Waals surface area contributed by atoms with Crippen LogP contribution in [0.4, 0.5) is 24.7 Å². The minimum atomic E-state index is -4.58. The average Bonchev–Trinajstić information content (AvgIpc) is 3.26. The van der Waals surface area contributed by atoms with E-state index in [0.29, 0.717) is 24.4 Å². The molecule has 3 aromatic heterocycles. The van der Waals surface area contributed by atoms with Gasteiger partial charge in [-0.1, -0.05) is 0 Å². The monoisotopic (exact) mass is 488 g/mol. The number of rotatable bonds is 7. The van der Waals surface area contributed by atoms with Gasteiger partial charge in [-0.05, 0) is 44.4 Å². The van der Waals surface area contributed by atoms with Crippen molar-refractivity contribution in [3.63, 3.8) is 0 Å². The Morgan fingerprint density at radius 1 is 1.09 bits per heavy atom. The van der Waals surface area contributed by atoms with Crippen LogP contribution in [-0.4, -0.2) is 69.4 Å². The minimum absolute atomic E-state index is 0.0402. The molecule has 4 rings (SSSR count). The lowest BCUT2D eigenvalue weighted by molar-refractivity contribution is -0.137. The molecule has 1 N–H and O–H groups in total. The van der Waals surface area contributed by atoms with Crippen LogP contribution in [0.15, 0.2) is 47.7 Å². The zero-order valence-corrected chi connectivity index (χ0v) is 19.2. The lowest BCUT2D eigenvalue weighted by Crippen LogP contribution is -2.34. The summed E-state index contributed by atoms with van der Waals surface area (Å²) in [6, 6.07) is 6.20. The van der Waals surface area contributed by atoms with Crippen LogP contribution in [0.5, 0.6) is 0 Å². The molecular formula is C22H23F3N8O2. The van der Waals surface area contributed by atoms with E-state index in [1.54, 1.807) is 34.7 Å². The van der Waals surface area contributed by atoms with E-state index < -0.39 is 29.8 Å². The third-order valence-electron chi connectivity index (χ3n) is 5.38. The maximum absolute atomic E-state index is 13.4. The summed E-state index contributed by atoms with van der Waals surface area (Å²) in [4.78, 5) is 29.3. The van der Waals surface area contributed by atoms with Gasteiger partial charge in [-0.2, -0.15) is 18.3 Å². The number of amides is 1. The summed E-state index contributed by atoms with van der Waals surface area (Å²) in [7, 11) is 5.40. The first-order chi connectivity index (χ1) is 16.5. The summed E-state index contributed by atoms with van der Waals surface area (Å²) < 4.78 is 42.6. The first-order valence-electron chi connectivity index (χ1n) is 10.6. The topological polar surface area (TPSA) is 101 Å². The van der Waals surface area contributed by atoms with Gasteiger partial charge >= 0.3 is 6.18 Å². The number of hydrogen-bond acceptors (Lipinski definition) is 7. The second-order valence-corrected chi connectivity index (χ2v) is 8.33.